The van der Waals surface area contributed by atoms with E-state index in [1.807, 2.05) is 12.3 Å². The minimum atomic E-state index is 0.431. The van der Waals surface area contributed by atoms with Crippen LogP contribution in [0.1, 0.15) is 11.3 Å². The highest BCUT2D eigenvalue weighted by Crippen LogP contribution is 2.28. The van der Waals surface area contributed by atoms with E-state index in [1.165, 1.54) is 16.7 Å². The topological polar surface area (TPSA) is 17.3 Å². The van der Waals surface area contributed by atoms with E-state index < -0.39 is 0 Å². The SMILES string of the molecule is Cc1ccn2c(CCl)c(-c3ccc(-c4ccccc4)cc3)nc2c1. The van der Waals surface area contributed by atoms with Crippen LogP contribution in [0.3, 0.4) is 0 Å². The average Bonchev–Trinajstić information content (AvgIpc) is 3.00. The van der Waals surface area contributed by atoms with Gasteiger partial charge in [-0.3, -0.25) is 0 Å². The number of benzene rings is 2. The lowest BCUT2D eigenvalue weighted by Crippen LogP contribution is -1.91. The predicted octanol–water partition coefficient (Wildman–Crippen LogP) is 5.72. The van der Waals surface area contributed by atoms with Gasteiger partial charge in [-0.25, -0.2) is 4.98 Å². The Labute approximate surface area is 146 Å². The number of rotatable bonds is 3. The summed E-state index contributed by atoms with van der Waals surface area (Å²) in [6.45, 7) is 2.07. The Morgan fingerprint density at radius 2 is 1.54 bits per heavy atom. The number of alkyl halides is 1. The summed E-state index contributed by atoms with van der Waals surface area (Å²) in [5, 5.41) is 0. The fourth-order valence-corrected chi connectivity index (χ4v) is 3.26. The van der Waals surface area contributed by atoms with Crippen molar-refractivity contribution in [2.24, 2.45) is 0 Å². The first kappa shape index (κ1) is 15.0. The third kappa shape index (κ3) is 2.59. The Hall–Kier alpha value is -2.58. The van der Waals surface area contributed by atoms with Gasteiger partial charge in [0.15, 0.2) is 0 Å². The van der Waals surface area contributed by atoms with Crippen molar-refractivity contribution < 1.29 is 0 Å². The van der Waals surface area contributed by atoms with E-state index in [2.05, 4.69) is 72.0 Å². The molecular weight excluding hydrogens is 316 g/mol. The molecule has 0 radical (unpaired) electrons. The van der Waals surface area contributed by atoms with Gasteiger partial charge in [0, 0.05) is 11.8 Å². The van der Waals surface area contributed by atoms with Gasteiger partial charge in [0.2, 0.25) is 0 Å². The van der Waals surface area contributed by atoms with Gasteiger partial charge in [-0.05, 0) is 35.7 Å². The molecule has 0 fully saturated rings. The molecule has 2 aromatic carbocycles. The van der Waals surface area contributed by atoms with Gasteiger partial charge >= 0.3 is 0 Å². The summed E-state index contributed by atoms with van der Waals surface area (Å²) in [6.07, 6.45) is 2.04. The maximum absolute atomic E-state index is 6.21. The molecule has 4 aromatic rings. The molecule has 2 aromatic heterocycles. The average molecular weight is 333 g/mol. The van der Waals surface area contributed by atoms with Crippen molar-refractivity contribution in [1.29, 1.82) is 0 Å². The van der Waals surface area contributed by atoms with Crippen LogP contribution in [-0.2, 0) is 5.88 Å². The number of aromatic nitrogens is 2. The third-order valence-corrected chi connectivity index (χ3v) is 4.53. The second kappa shape index (κ2) is 6.14. The third-order valence-electron chi connectivity index (χ3n) is 4.27. The zero-order valence-corrected chi connectivity index (χ0v) is 14.2. The van der Waals surface area contributed by atoms with Crippen LogP contribution >= 0.6 is 11.6 Å². The highest BCUT2D eigenvalue weighted by molar-refractivity contribution is 6.17. The van der Waals surface area contributed by atoms with Crippen molar-refractivity contribution in [3.05, 3.63) is 84.2 Å². The summed E-state index contributed by atoms with van der Waals surface area (Å²) < 4.78 is 2.07. The largest absolute Gasteiger partial charge is 0.302 e. The Morgan fingerprint density at radius 1 is 0.875 bits per heavy atom. The first-order chi connectivity index (χ1) is 11.8. The first-order valence-corrected chi connectivity index (χ1v) is 8.49. The molecule has 0 saturated heterocycles. The molecule has 118 valence electrons. The molecule has 2 heterocycles. The van der Waals surface area contributed by atoms with E-state index in [9.17, 15) is 0 Å². The fraction of sp³-hybridized carbons (Fsp3) is 0.0952. The summed E-state index contributed by atoms with van der Waals surface area (Å²) in [4.78, 5) is 4.80. The molecule has 0 N–H and O–H groups in total. The molecule has 0 atom stereocenters. The molecule has 3 heteroatoms. The van der Waals surface area contributed by atoms with Crippen molar-refractivity contribution in [2.75, 3.05) is 0 Å². The van der Waals surface area contributed by atoms with Crippen LogP contribution in [0.4, 0.5) is 0 Å². The van der Waals surface area contributed by atoms with Gasteiger partial charge in [0.05, 0.1) is 17.3 Å². The van der Waals surface area contributed by atoms with Gasteiger partial charge in [-0.15, -0.1) is 11.6 Å². The molecule has 0 unspecified atom stereocenters. The van der Waals surface area contributed by atoms with E-state index in [1.54, 1.807) is 0 Å². The van der Waals surface area contributed by atoms with Crippen LogP contribution in [0, 0.1) is 6.92 Å². The van der Waals surface area contributed by atoms with E-state index in [-0.39, 0.29) is 0 Å². The fourth-order valence-electron chi connectivity index (χ4n) is 3.01. The summed E-state index contributed by atoms with van der Waals surface area (Å²) in [6, 6.07) is 23.0. The Kier molecular flexibility index (Phi) is 3.83. The zero-order chi connectivity index (χ0) is 16.5. The van der Waals surface area contributed by atoms with E-state index in [4.69, 9.17) is 16.6 Å². The molecule has 0 aliphatic carbocycles. The smallest absolute Gasteiger partial charge is 0.137 e. The zero-order valence-electron chi connectivity index (χ0n) is 13.4. The Balaban J connectivity index is 1.80. The molecule has 24 heavy (non-hydrogen) atoms. The molecule has 0 bridgehead atoms. The lowest BCUT2D eigenvalue weighted by atomic mass is 10.0. The summed E-state index contributed by atoms with van der Waals surface area (Å²) in [7, 11) is 0. The number of pyridine rings is 1. The normalized spacial score (nSPS) is 11.1. The van der Waals surface area contributed by atoms with Crippen LogP contribution in [0.2, 0.25) is 0 Å². The highest BCUT2D eigenvalue weighted by atomic mass is 35.5. The molecule has 0 spiro atoms. The van der Waals surface area contributed by atoms with Crippen molar-refractivity contribution in [3.8, 4) is 22.4 Å². The summed E-state index contributed by atoms with van der Waals surface area (Å²) >= 11 is 6.21. The van der Waals surface area contributed by atoms with Gasteiger partial charge in [-0.2, -0.15) is 0 Å². The van der Waals surface area contributed by atoms with Crippen molar-refractivity contribution in [1.82, 2.24) is 9.38 Å². The molecule has 0 amide bonds. The lowest BCUT2D eigenvalue weighted by molar-refractivity contribution is 1.08. The van der Waals surface area contributed by atoms with Gasteiger partial charge in [-0.1, -0.05) is 54.6 Å². The maximum atomic E-state index is 6.21. The minimum absolute atomic E-state index is 0.431. The number of halogens is 1. The molecule has 0 saturated carbocycles. The second-order valence-electron chi connectivity index (χ2n) is 5.92. The van der Waals surface area contributed by atoms with Crippen LogP contribution < -0.4 is 0 Å². The van der Waals surface area contributed by atoms with Crippen LogP contribution in [0.15, 0.2) is 72.9 Å². The Morgan fingerprint density at radius 3 is 2.25 bits per heavy atom. The molecule has 0 aliphatic rings. The van der Waals surface area contributed by atoms with Crippen molar-refractivity contribution in [3.63, 3.8) is 0 Å². The number of nitrogens with zero attached hydrogens (tertiary/aromatic N) is 2. The predicted molar refractivity (Wildman–Crippen MR) is 100 cm³/mol. The van der Waals surface area contributed by atoms with Crippen molar-refractivity contribution >= 4 is 17.2 Å². The van der Waals surface area contributed by atoms with Gasteiger partial charge < -0.3 is 4.40 Å². The highest BCUT2D eigenvalue weighted by Gasteiger charge is 2.13. The molecular formula is C21H17ClN2. The van der Waals surface area contributed by atoms with Crippen LogP contribution in [-0.4, -0.2) is 9.38 Å². The monoisotopic (exact) mass is 332 g/mol. The van der Waals surface area contributed by atoms with Gasteiger partial charge in [0.25, 0.3) is 0 Å². The standard InChI is InChI=1S/C21H17ClN2/c1-15-11-12-24-19(14-22)21(23-20(24)13-15)18-9-7-17(8-10-18)16-5-3-2-4-6-16/h2-13H,14H2,1H3. The molecule has 2 nitrogen and oxygen atoms in total. The maximum Gasteiger partial charge on any atom is 0.137 e. The lowest BCUT2D eigenvalue weighted by Gasteiger charge is -2.05. The summed E-state index contributed by atoms with van der Waals surface area (Å²) in [5.74, 6) is 0.431. The second-order valence-corrected chi connectivity index (χ2v) is 6.18. The number of hydrogen-bond acceptors (Lipinski definition) is 1. The van der Waals surface area contributed by atoms with Crippen LogP contribution in [0.25, 0.3) is 28.0 Å². The van der Waals surface area contributed by atoms with Gasteiger partial charge in [0.1, 0.15) is 5.65 Å². The number of fused-ring (bicyclic) bond motifs is 1. The van der Waals surface area contributed by atoms with Crippen LogP contribution in [0.5, 0.6) is 0 Å². The number of hydrogen-bond donors (Lipinski definition) is 0. The van der Waals surface area contributed by atoms with Crippen molar-refractivity contribution in [2.45, 2.75) is 12.8 Å². The minimum Gasteiger partial charge on any atom is -0.302 e. The Bertz CT molecular complexity index is 986. The number of imidazole rings is 1. The number of aryl methyl sites for hydroxylation is 1. The summed E-state index contributed by atoms with van der Waals surface area (Å²) in [5.41, 5.74) is 7.62. The molecule has 4 rings (SSSR count). The van der Waals surface area contributed by atoms with E-state index in [0.717, 1.165) is 22.6 Å². The first-order valence-electron chi connectivity index (χ1n) is 7.95. The molecule has 0 aliphatic heterocycles. The van der Waals surface area contributed by atoms with E-state index >= 15 is 0 Å². The van der Waals surface area contributed by atoms with E-state index in [0.29, 0.717) is 5.88 Å². The quantitative estimate of drug-likeness (QED) is 0.439.